The predicted molar refractivity (Wildman–Crippen MR) is 225 cm³/mol. The van der Waals surface area contributed by atoms with E-state index in [1.165, 1.54) is 12.7 Å². The highest BCUT2D eigenvalue weighted by molar-refractivity contribution is 5.89. The molecule has 0 bridgehead atoms. The van der Waals surface area contributed by atoms with Gasteiger partial charge in [-0.3, -0.25) is 14.4 Å². The van der Waals surface area contributed by atoms with Crippen molar-refractivity contribution in [3.63, 3.8) is 0 Å². The Morgan fingerprint density at radius 2 is 1.62 bits per heavy atom. The van der Waals surface area contributed by atoms with Gasteiger partial charge in [-0.05, 0) is 90.5 Å². The van der Waals surface area contributed by atoms with Gasteiger partial charge in [0, 0.05) is 29.9 Å². The highest BCUT2D eigenvalue weighted by atomic mass is 16.5. The van der Waals surface area contributed by atoms with E-state index >= 15 is 0 Å². The monoisotopic (exact) mass is 826 g/mol. The Balaban J connectivity index is 0.934. The number of alkyl carbamates (subject to hydrolysis) is 1. The first-order valence-electron chi connectivity index (χ1n) is 21.1. The smallest absolute Gasteiger partial charge is 0.407 e. The quantitative estimate of drug-likeness (QED) is 0.118. The van der Waals surface area contributed by atoms with E-state index in [1.807, 2.05) is 55.3 Å². The number of aliphatic hydroxyl groups is 1. The molecule has 0 radical (unpaired) electrons. The van der Waals surface area contributed by atoms with E-state index < -0.39 is 30.7 Å². The van der Waals surface area contributed by atoms with E-state index in [2.05, 4.69) is 50.9 Å². The van der Waals surface area contributed by atoms with Crippen LogP contribution in [0.25, 0.3) is 33.6 Å². The molecule has 316 valence electrons. The summed E-state index contributed by atoms with van der Waals surface area (Å²) in [6.07, 6.45) is 5.87. The molecule has 4 amide bonds. The molecule has 3 aromatic carbocycles. The van der Waals surface area contributed by atoms with Gasteiger partial charge in [-0.2, -0.15) is 0 Å². The molecule has 2 fully saturated rings. The Bertz CT molecular complexity index is 2500. The molecule has 5 N–H and O–H groups in total. The van der Waals surface area contributed by atoms with Crippen LogP contribution >= 0.6 is 0 Å². The standard InChI is InChI=1S/C46H50N8O7/c1-25(2)39(50-38(56)23-55)44(57)54-18-8-12-36(54)43-48-33-16-14-27-20-32-30-15-13-28(19-29(30)24-61-37(32)21-31(27)41(33)51-43)34-22-47-42(49-34)35-11-7-17-53(35)45(58)40(52-46(59)60-3)26-9-5-4-6-10-26/h4-6,9-10,13,15,19-22,25,35-36,39-40,55H,7-8,11-12,14,16-18,23-24H2,1-3H3,(H,47,49)(H,48,51)(H,50,56)(H,52,59)/t35-,36-,39-,40+/m0/s1. The number of fused-ring (bicyclic) bond motifs is 6. The first kappa shape index (κ1) is 40.0. The van der Waals surface area contributed by atoms with Crippen LogP contribution in [0.2, 0.25) is 0 Å². The van der Waals surface area contributed by atoms with E-state index in [9.17, 15) is 24.3 Å². The molecular formula is C46H50N8O7. The molecule has 9 rings (SSSR count). The van der Waals surface area contributed by atoms with Crippen molar-refractivity contribution >= 4 is 23.8 Å². The second kappa shape index (κ2) is 16.5. The van der Waals surface area contributed by atoms with Crippen LogP contribution in [-0.4, -0.2) is 91.5 Å². The normalized spacial score (nSPS) is 18.6. The van der Waals surface area contributed by atoms with Crippen LogP contribution in [0.1, 0.15) is 91.7 Å². The lowest BCUT2D eigenvalue weighted by atomic mass is 9.86. The number of carbonyl (C=O) groups excluding carboxylic acids is 4. The van der Waals surface area contributed by atoms with Crippen molar-refractivity contribution in [1.29, 1.82) is 0 Å². The maximum absolute atomic E-state index is 14.0. The topological polar surface area (TPSA) is 195 Å². The fourth-order valence-electron chi connectivity index (χ4n) is 9.40. The summed E-state index contributed by atoms with van der Waals surface area (Å²) < 4.78 is 11.3. The molecule has 5 heterocycles. The number of H-pyrrole nitrogens is 2. The molecule has 5 aromatic rings. The highest BCUT2D eigenvalue weighted by Gasteiger charge is 2.39. The number of amides is 4. The van der Waals surface area contributed by atoms with Gasteiger partial charge in [-0.1, -0.05) is 56.3 Å². The Labute approximate surface area is 353 Å². The number of benzene rings is 3. The van der Waals surface area contributed by atoms with Crippen LogP contribution in [0.15, 0.2) is 66.9 Å². The van der Waals surface area contributed by atoms with Crippen molar-refractivity contribution in [2.24, 2.45) is 5.92 Å². The lowest BCUT2D eigenvalue weighted by Gasteiger charge is -2.30. The van der Waals surface area contributed by atoms with Crippen molar-refractivity contribution in [3.8, 4) is 39.4 Å². The van der Waals surface area contributed by atoms with E-state index in [1.54, 1.807) is 4.90 Å². The number of hydrogen-bond donors (Lipinski definition) is 5. The van der Waals surface area contributed by atoms with Gasteiger partial charge in [0.1, 0.15) is 42.7 Å². The van der Waals surface area contributed by atoms with Crippen LogP contribution in [-0.2, 0) is 38.6 Å². The fourth-order valence-corrected chi connectivity index (χ4v) is 9.40. The molecule has 1 aliphatic carbocycles. The summed E-state index contributed by atoms with van der Waals surface area (Å²) in [6.45, 7) is 4.60. The molecule has 0 saturated carbocycles. The van der Waals surface area contributed by atoms with Gasteiger partial charge >= 0.3 is 6.09 Å². The Kier molecular flexibility index (Phi) is 10.8. The third-order valence-electron chi connectivity index (χ3n) is 12.5. The van der Waals surface area contributed by atoms with Crippen molar-refractivity contribution in [2.75, 3.05) is 26.8 Å². The molecule has 0 unspecified atom stereocenters. The molecule has 3 aliphatic heterocycles. The summed E-state index contributed by atoms with van der Waals surface area (Å²) in [5.74, 6) is 1.13. The zero-order valence-electron chi connectivity index (χ0n) is 34.5. The average Bonchev–Trinajstić information content (AvgIpc) is 4.13. The van der Waals surface area contributed by atoms with Gasteiger partial charge in [0.05, 0.1) is 36.8 Å². The van der Waals surface area contributed by atoms with Gasteiger partial charge in [0.15, 0.2) is 0 Å². The van der Waals surface area contributed by atoms with Crippen molar-refractivity contribution in [3.05, 3.63) is 101 Å². The number of aliphatic hydroxyl groups excluding tert-OH is 1. The number of aromatic amines is 2. The molecular weight excluding hydrogens is 777 g/mol. The largest absolute Gasteiger partial charge is 0.488 e. The Hall–Kier alpha value is -6.48. The molecule has 15 nitrogen and oxygen atoms in total. The zero-order valence-corrected chi connectivity index (χ0v) is 34.5. The van der Waals surface area contributed by atoms with Gasteiger partial charge in [0.2, 0.25) is 11.8 Å². The third kappa shape index (κ3) is 7.51. The summed E-state index contributed by atoms with van der Waals surface area (Å²) in [6, 6.07) is 17.7. The number of methoxy groups -OCH3 is 1. The number of ether oxygens (including phenoxy) is 2. The van der Waals surface area contributed by atoms with Gasteiger partial charge in [-0.25, -0.2) is 14.8 Å². The van der Waals surface area contributed by atoms with Crippen molar-refractivity contribution in [2.45, 2.75) is 83.1 Å². The van der Waals surface area contributed by atoms with Gasteiger partial charge in [-0.15, -0.1) is 0 Å². The molecule has 4 atom stereocenters. The minimum Gasteiger partial charge on any atom is -0.488 e. The average molecular weight is 827 g/mol. The number of rotatable bonds is 10. The Morgan fingerprint density at radius 3 is 2.36 bits per heavy atom. The maximum atomic E-state index is 14.0. The Morgan fingerprint density at radius 1 is 0.869 bits per heavy atom. The first-order chi connectivity index (χ1) is 29.6. The van der Waals surface area contributed by atoms with Crippen molar-refractivity contribution < 1.29 is 33.8 Å². The van der Waals surface area contributed by atoms with Crippen LogP contribution in [0.4, 0.5) is 4.79 Å². The van der Waals surface area contributed by atoms with Crippen LogP contribution in [0, 0.1) is 5.92 Å². The number of carbonyl (C=O) groups is 4. The lowest BCUT2D eigenvalue weighted by molar-refractivity contribution is -0.139. The number of aryl methyl sites for hydroxylation is 2. The summed E-state index contributed by atoms with van der Waals surface area (Å²) in [5.41, 5.74) is 9.77. The number of aromatic nitrogens is 4. The molecule has 61 heavy (non-hydrogen) atoms. The van der Waals surface area contributed by atoms with Crippen LogP contribution in [0.5, 0.6) is 5.75 Å². The minimum atomic E-state index is -0.893. The number of imidazole rings is 2. The minimum absolute atomic E-state index is 0.145. The van der Waals surface area contributed by atoms with E-state index in [4.69, 9.17) is 19.4 Å². The molecule has 4 aliphatic rings. The zero-order chi connectivity index (χ0) is 42.4. The molecule has 0 spiro atoms. The third-order valence-corrected chi connectivity index (χ3v) is 12.5. The van der Waals surface area contributed by atoms with Crippen molar-refractivity contribution in [1.82, 2.24) is 40.4 Å². The number of nitrogens with one attached hydrogen (secondary N) is 4. The van der Waals surface area contributed by atoms with E-state index in [0.717, 1.165) is 95.0 Å². The van der Waals surface area contributed by atoms with Crippen LogP contribution < -0.4 is 15.4 Å². The molecule has 2 saturated heterocycles. The fraction of sp³-hybridized carbons (Fsp3) is 0.391. The molecule has 2 aromatic heterocycles. The molecule has 15 heteroatoms. The predicted octanol–water partition coefficient (Wildman–Crippen LogP) is 5.68. The summed E-state index contributed by atoms with van der Waals surface area (Å²) in [4.78, 5) is 72.6. The van der Waals surface area contributed by atoms with Gasteiger partial charge in [0.25, 0.3) is 5.91 Å². The number of nitrogens with zero attached hydrogens (tertiary/aromatic N) is 4. The number of hydrogen-bond acceptors (Lipinski definition) is 9. The SMILES string of the molecule is COC(=O)N[C@@H](C(=O)N1CCC[C@H]1c1ncc(-c2ccc3c(c2)COc2cc4c(cc2-3)CCc2[nH]c([C@@H]3CCCN3C(=O)[C@@H](NC(=O)CO)C(C)C)nc2-4)[nH]1)c1ccccc1. The second-order valence-corrected chi connectivity index (χ2v) is 16.6. The summed E-state index contributed by atoms with van der Waals surface area (Å²) in [5, 5.41) is 14.7. The first-order valence-corrected chi connectivity index (χ1v) is 21.1. The number of likely N-dealkylation sites (tertiary alicyclic amines) is 2. The lowest BCUT2D eigenvalue weighted by Crippen LogP contribution is -2.51. The van der Waals surface area contributed by atoms with Crippen LogP contribution in [0.3, 0.4) is 0 Å². The van der Waals surface area contributed by atoms with Gasteiger partial charge < -0.3 is 45.0 Å². The highest BCUT2D eigenvalue weighted by Crippen LogP contribution is 2.46. The van der Waals surface area contributed by atoms with E-state index in [-0.39, 0.29) is 29.8 Å². The van der Waals surface area contributed by atoms with E-state index in [0.29, 0.717) is 31.1 Å². The second-order valence-electron chi connectivity index (χ2n) is 16.6. The summed E-state index contributed by atoms with van der Waals surface area (Å²) >= 11 is 0. The summed E-state index contributed by atoms with van der Waals surface area (Å²) in [7, 11) is 1.28. The maximum Gasteiger partial charge on any atom is 0.407 e.